The zero-order chi connectivity index (χ0) is 22.1. The number of amides is 1. The minimum Gasteiger partial charge on any atom is -0.503 e. The number of ether oxygens (including phenoxy) is 1. The van der Waals surface area contributed by atoms with E-state index in [2.05, 4.69) is 4.98 Å². The number of hydrogen-bond acceptors (Lipinski definition) is 6. The number of benzene rings is 1. The van der Waals surface area contributed by atoms with Crippen molar-refractivity contribution in [3.05, 3.63) is 76.5 Å². The molecule has 4 rings (SSSR count). The van der Waals surface area contributed by atoms with Crippen LogP contribution in [0.3, 0.4) is 0 Å². The first kappa shape index (κ1) is 21.1. The van der Waals surface area contributed by atoms with Gasteiger partial charge < -0.3 is 19.2 Å². The highest BCUT2D eigenvalue weighted by Gasteiger charge is 2.44. The Hall–Kier alpha value is -3.16. The summed E-state index contributed by atoms with van der Waals surface area (Å²) in [5, 5.41) is 11.8. The van der Waals surface area contributed by atoms with Crippen molar-refractivity contribution in [2.75, 3.05) is 13.2 Å². The van der Waals surface area contributed by atoms with Gasteiger partial charge in [0.05, 0.1) is 24.3 Å². The van der Waals surface area contributed by atoms with Crippen molar-refractivity contribution in [1.82, 2.24) is 9.88 Å². The normalized spacial score (nSPS) is 16.7. The number of halogens is 1. The molecule has 1 N–H and O–H groups in total. The second-order valence-electron chi connectivity index (χ2n) is 7.49. The predicted molar refractivity (Wildman–Crippen MR) is 115 cm³/mol. The van der Waals surface area contributed by atoms with E-state index in [0.29, 0.717) is 21.6 Å². The number of pyridine rings is 1. The molecule has 1 atom stereocenters. The molecule has 31 heavy (non-hydrogen) atoms. The van der Waals surface area contributed by atoms with Crippen molar-refractivity contribution < 1.29 is 23.8 Å². The Labute approximate surface area is 183 Å². The molecule has 2 aromatic heterocycles. The monoisotopic (exact) mass is 440 g/mol. The fraction of sp³-hybridized carbons (Fsp3) is 0.261. The van der Waals surface area contributed by atoms with E-state index in [0.717, 1.165) is 0 Å². The highest BCUT2D eigenvalue weighted by Crippen LogP contribution is 2.39. The van der Waals surface area contributed by atoms with Crippen LogP contribution in [0.25, 0.3) is 11.0 Å². The van der Waals surface area contributed by atoms with Crippen LogP contribution >= 0.6 is 11.6 Å². The van der Waals surface area contributed by atoms with Gasteiger partial charge in [-0.2, -0.15) is 0 Å². The van der Waals surface area contributed by atoms with E-state index >= 15 is 0 Å². The van der Waals surface area contributed by atoms with Gasteiger partial charge >= 0.3 is 0 Å². The smallest absolute Gasteiger partial charge is 0.290 e. The molecule has 8 heteroatoms. The summed E-state index contributed by atoms with van der Waals surface area (Å²) in [5.74, 6) is -1.79. The van der Waals surface area contributed by atoms with Crippen molar-refractivity contribution in [1.29, 1.82) is 0 Å². The van der Waals surface area contributed by atoms with Gasteiger partial charge in [-0.05, 0) is 49.7 Å². The maximum absolute atomic E-state index is 13.4. The van der Waals surface area contributed by atoms with Gasteiger partial charge in [0.15, 0.2) is 11.5 Å². The van der Waals surface area contributed by atoms with E-state index in [4.69, 9.17) is 20.8 Å². The Morgan fingerprint density at radius 3 is 2.84 bits per heavy atom. The van der Waals surface area contributed by atoms with Crippen LogP contribution in [0.5, 0.6) is 0 Å². The molecule has 1 unspecified atom stereocenters. The Balaban J connectivity index is 1.73. The molecule has 1 aromatic carbocycles. The topological polar surface area (TPSA) is 92.9 Å². The molecule has 0 aliphatic carbocycles. The zero-order valence-corrected chi connectivity index (χ0v) is 17.8. The Bertz CT molecular complexity index is 1170. The van der Waals surface area contributed by atoms with Crippen LogP contribution in [0.15, 0.2) is 64.5 Å². The number of aliphatic hydroxyl groups excluding tert-OH is 1. The fourth-order valence-electron chi connectivity index (χ4n) is 3.65. The maximum Gasteiger partial charge on any atom is 0.290 e. The van der Waals surface area contributed by atoms with E-state index in [-0.39, 0.29) is 30.6 Å². The first-order chi connectivity index (χ1) is 14.9. The number of furan rings is 1. The van der Waals surface area contributed by atoms with E-state index in [1.165, 1.54) is 4.90 Å². The standard InChI is InChI=1S/C23H21ClN2O5/c1-13(2)30-9-8-26-20(14-4-3-7-25-12-14)19(22(28)23(26)29)21(27)18-11-15-10-16(24)5-6-17(15)31-18/h3-7,10-13,20,28H,8-9H2,1-2H3. The van der Waals surface area contributed by atoms with E-state index < -0.39 is 23.5 Å². The summed E-state index contributed by atoms with van der Waals surface area (Å²) in [6, 6.07) is 9.22. The van der Waals surface area contributed by atoms with Gasteiger partial charge in [-0.1, -0.05) is 17.7 Å². The molecule has 0 bridgehead atoms. The molecular formula is C23H21ClN2O5. The Kier molecular flexibility index (Phi) is 5.80. The lowest BCUT2D eigenvalue weighted by Crippen LogP contribution is -2.34. The molecule has 0 saturated heterocycles. The minimum atomic E-state index is -0.804. The number of aromatic nitrogens is 1. The largest absolute Gasteiger partial charge is 0.503 e. The van der Waals surface area contributed by atoms with Crippen LogP contribution < -0.4 is 0 Å². The number of ketones is 1. The summed E-state index contributed by atoms with van der Waals surface area (Å²) >= 11 is 6.02. The van der Waals surface area contributed by atoms with Gasteiger partial charge in [-0.3, -0.25) is 14.6 Å². The molecule has 160 valence electrons. The van der Waals surface area contributed by atoms with Crippen molar-refractivity contribution in [2.45, 2.75) is 26.0 Å². The van der Waals surface area contributed by atoms with Crippen molar-refractivity contribution in [3.8, 4) is 0 Å². The number of fused-ring (bicyclic) bond motifs is 1. The first-order valence-electron chi connectivity index (χ1n) is 9.86. The van der Waals surface area contributed by atoms with Crippen LogP contribution in [0, 0.1) is 0 Å². The van der Waals surface area contributed by atoms with Crippen LogP contribution in [0.1, 0.15) is 36.0 Å². The number of carbonyl (C=O) groups is 2. The maximum atomic E-state index is 13.4. The fourth-order valence-corrected chi connectivity index (χ4v) is 3.83. The molecule has 7 nitrogen and oxygen atoms in total. The number of hydrogen-bond donors (Lipinski definition) is 1. The van der Waals surface area contributed by atoms with Crippen molar-refractivity contribution in [3.63, 3.8) is 0 Å². The second kappa shape index (κ2) is 8.53. The van der Waals surface area contributed by atoms with E-state index in [1.54, 1.807) is 48.8 Å². The summed E-state index contributed by atoms with van der Waals surface area (Å²) in [6.45, 7) is 4.25. The van der Waals surface area contributed by atoms with E-state index in [9.17, 15) is 14.7 Å². The molecule has 3 heterocycles. The summed E-state index contributed by atoms with van der Waals surface area (Å²) in [7, 11) is 0. The lowest BCUT2D eigenvalue weighted by Gasteiger charge is -2.26. The number of nitrogens with zero attached hydrogens (tertiary/aromatic N) is 2. The summed E-state index contributed by atoms with van der Waals surface area (Å²) in [6.07, 6.45) is 3.15. The quantitative estimate of drug-likeness (QED) is 0.544. The third-order valence-electron chi connectivity index (χ3n) is 5.03. The molecule has 1 aliphatic heterocycles. The molecule has 0 fully saturated rings. The Morgan fingerprint density at radius 2 is 2.13 bits per heavy atom. The molecule has 3 aromatic rings. The highest BCUT2D eigenvalue weighted by atomic mass is 35.5. The molecule has 0 spiro atoms. The molecule has 0 radical (unpaired) electrons. The third kappa shape index (κ3) is 4.06. The number of carbonyl (C=O) groups excluding carboxylic acids is 2. The van der Waals surface area contributed by atoms with Crippen molar-refractivity contribution >= 4 is 34.3 Å². The molecule has 1 aliphatic rings. The average molecular weight is 441 g/mol. The summed E-state index contributed by atoms with van der Waals surface area (Å²) < 4.78 is 11.3. The number of aliphatic hydroxyl groups is 1. The van der Waals surface area contributed by atoms with Gasteiger partial charge in [-0.15, -0.1) is 0 Å². The first-order valence-corrected chi connectivity index (χ1v) is 10.2. The summed E-state index contributed by atoms with van der Waals surface area (Å²) in [4.78, 5) is 31.8. The second-order valence-corrected chi connectivity index (χ2v) is 7.93. The number of rotatable bonds is 7. The summed E-state index contributed by atoms with van der Waals surface area (Å²) in [5.41, 5.74) is 1.04. The van der Waals surface area contributed by atoms with Gasteiger partial charge in [-0.25, -0.2) is 0 Å². The Morgan fingerprint density at radius 1 is 1.32 bits per heavy atom. The molecule has 0 saturated carbocycles. The molecular weight excluding hydrogens is 420 g/mol. The number of Topliss-reactive ketones (excluding diaryl/α,β-unsaturated/α-hetero) is 1. The predicted octanol–water partition coefficient (Wildman–Crippen LogP) is 4.48. The highest BCUT2D eigenvalue weighted by molar-refractivity contribution is 6.31. The lowest BCUT2D eigenvalue weighted by molar-refractivity contribution is -0.130. The van der Waals surface area contributed by atoms with Crippen LogP contribution in [-0.2, 0) is 9.53 Å². The van der Waals surface area contributed by atoms with Crippen LogP contribution in [0.4, 0.5) is 0 Å². The van der Waals surface area contributed by atoms with Gasteiger partial charge in [0.2, 0.25) is 5.78 Å². The SMILES string of the molecule is CC(C)OCCN1C(=O)C(O)=C(C(=O)c2cc3cc(Cl)ccc3o2)C1c1cccnc1. The average Bonchev–Trinajstić information content (AvgIpc) is 3.27. The zero-order valence-electron chi connectivity index (χ0n) is 17.0. The van der Waals surface area contributed by atoms with E-state index in [1.807, 2.05) is 13.8 Å². The van der Waals surface area contributed by atoms with Gasteiger partial charge in [0.1, 0.15) is 5.58 Å². The van der Waals surface area contributed by atoms with Gasteiger partial charge in [0, 0.05) is 29.3 Å². The van der Waals surface area contributed by atoms with Crippen LogP contribution in [-0.4, -0.2) is 45.9 Å². The van der Waals surface area contributed by atoms with Gasteiger partial charge in [0.25, 0.3) is 5.91 Å². The van der Waals surface area contributed by atoms with Crippen molar-refractivity contribution in [2.24, 2.45) is 0 Å². The lowest BCUT2D eigenvalue weighted by atomic mass is 9.96. The minimum absolute atomic E-state index is 0.0143. The molecule has 1 amide bonds. The van der Waals surface area contributed by atoms with Crippen LogP contribution in [0.2, 0.25) is 5.02 Å². The third-order valence-corrected chi connectivity index (χ3v) is 5.27.